The van der Waals surface area contributed by atoms with Crippen molar-refractivity contribution in [1.29, 1.82) is 0 Å². The Labute approximate surface area is 183 Å². The van der Waals surface area contributed by atoms with Crippen molar-refractivity contribution in [3.8, 4) is 23.0 Å². The van der Waals surface area contributed by atoms with Gasteiger partial charge in [0.2, 0.25) is 0 Å². The molecule has 0 N–H and O–H groups in total. The van der Waals surface area contributed by atoms with Crippen molar-refractivity contribution in [2.75, 3.05) is 0 Å². The highest BCUT2D eigenvalue weighted by atomic mass is 35.5. The molecular formula is C26H14ClO3P. The van der Waals surface area contributed by atoms with Crippen molar-refractivity contribution < 1.29 is 14.0 Å². The molecule has 7 rings (SSSR count). The number of hydrogen-bond donors (Lipinski definition) is 0. The molecule has 0 fully saturated rings. The number of rotatable bonds is 0. The van der Waals surface area contributed by atoms with Crippen molar-refractivity contribution >= 4 is 56.2 Å². The number of halogens is 1. The summed E-state index contributed by atoms with van der Waals surface area (Å²) in [5.74, 6) is 2.24. The molecule has 0 radical (unpaired) electrons. The van der Waals surface area contributed by atoms with Crippen molar-refractivity contribution in [3.05, 3.63) is 90.0 Å². The molecule has 0 saturated carbocycles. The monoisotopic (exact) mass is 440 g/mol. The van der Waals surface area contributed by atoms with E-state index in [2.05, 4.69) is 0 Å². The minimum Gasteiger partial charge on any atom is -0.455 e. The molecule has 2 aliphatic heterocycles. The normalized spacial score (nSPS) is 14.9. The minimum atomic E-state index is -3.25. The maximum absolute atomic E-state index is 15.1. The van der Waals surface area contributed by atoms with Crippen LogP contribution in [0.15, 0.2) is 84.9 Å². The van der Waals surface area contributed by atoms with Gasteiger partial charge in [-0.25, -0.2) is 0 Å². The Kier molecular flexibility index (Phi) is 3.32. The van der Waals surface area contributed by atoms with Gasteiger partial charge in [0.1, 0.15) is 28.3 Å². The van der Waals surface area contributed by atoms with Crippen LogP contribution in [0, 0.1) is 0 Å². The lowest BCUT2D eigenvalue weighted by Gasteiger charge is -2.35. The third-order valence-corrected chi connectivity index (χ3v) is 9.49. The molecule has 5 aromatic carbocycles. The van der Waals surface area contributed by atoms with E-state index in [4.69, 9.17) is 21.1 Å². The van der Waals surface area contributed by atoms with E-state index < -0.39 is 7.14 Å². The topological polar surface area (TPSA) is 35.5 Å². The molecule has 3 nitrogen and oxygen atoms in total. The number of benzene rings is 5. The lowest BCUT2D eigenvalue weighted by atomic mass is 10.1. The first kappa shape index (κ1) is 17.4. The molecule has 148 valence electrons. The van der Waals surface area contributed by atoms with Crippen LogP contribution in [0.3, 0.4) is 0 Å². The number of hydrogen-bond acceptors (Lipinski definition) is 3. The first-order valence-electron chi connectivity index (χ1n) is 9.99. The van der Waals surface area contributed by atoms with Crippen LogP contribution in [-0.2, 0) is 4.57 Å². The molecule has 0 saturated heterocycles. The van der Waals surface area contributed by atoms with Gasteiger partial charge >= 0.3 is 0 Å². The Morgan fingerprint density at radius 1 is 0.645 bits per heavy atom. The molecule has 31 heavy (non-hydrogen) atoms. The van der Waals surface area contributed by atoms with Crippen LogP contribution < -0.4 is 25.4 Å². The van der Waals surface area contributed by atoms with E-state index in [1.54, 1.807) is 12.1 Å². The molecule has 0 amide bonds. The predicted molar refractivity (Wildman–Crippen MR) is 126 cm³/mol. The first-order chi connectivity index (χ1) is 15.1. The smallest absolute Gasteiger partial charge is 0.185 e. The van der Waals surface area contributed by atoms with Gasteiger partial charge in [-0.15, -0.1) is 0 Å². The lowest BCUT2D eigenvalue weighted by molar-refractivity contribution is 0.467. The van der Waals surface area contributed by atoms with Gasteiger partial charge in [0.25, 0.3) is 0 Å². The summed E-state index contributed by atoms with van der Waals surface area (Å²) in [4.78, 5) is 0. The standard InChI is InChI=1S/C26H14ClO3P/c27-17-13-20-26-21(14-17)30-25-19-8-4-2-6-16(19)10-12-23(25)31(26,28)22-11-9-15-5-1-3-7-18(15)24(22)29-20/h1-14H. The van der Waals surface area contributed by atoms with Crippen LogP contribution in [0.25, 0.3) is 21.5 Å². The zero-order valence-corrected chi connectivity index (χ0v) is 17.8. The quantitative estimate of drug-likeness (QED) is 0.253. The van der Waals surface area contributed by atoms with Crippen molar-refractivity contribution in [2.45, 2.75) is 0 Å². The largest absolute Gasteiger partial charge is 0.455 e. The van der Waals surface area contributed by atoms with Crippen LogP contribution in [-0.4, -0.2) is 0 Å². The van der Waals surface area contributed by atoms with Crippen molar-refractivity contribution in [3.63, 3.8) is 0 Å². The van der Waals surface area contributed by atoms with Gasteiger partial charge in [-0.1, -0.05) is 72.3 Å². The zero-order valence-electron chi connectivity index (χ0n) is 16.1. The SMILES string of the molecule is O=P12c3ccc4ccccc4c3Oc3cc(Cl)cc(c31)Oc1c2ccc2ccccc12. The van der Waals surface area contributed by atoms with Crippen molar-refractivity contribution in [1.82, 2.24) is 0 Å². The molecule has 0 bridgehead atoms. The molecule has 5 aromatic rings. The molecule has 2 heterocycles. The maximum Gasteiger partial charge on any atom is 0.185 e. The summed E-state index contributed by atoms with van der Waals surface area (Å²) >= 11 is 6.42. The molecule has 5 heteroatoms. The first-order valence-corrected chi connectivity index (χ1v) is 12.1. The summed E-state index contributed by atoms with van der Waals surface area (Å²) < 4.78 is 27.8. The second-order valence-electron chi connectivity index (χ2n) is 7.83. The highest BCUT2D eigenvalue weighted by Crippen LogP contribution is 2.60. The van der Waals surface area contributed by atoms with Gasteiger partial charge < -0.3 is 14.0 Å². The summed E-state index contributed by atoms with van der Waals surface area (Å²) in [7, 11) is -3.25. The summed E-state index contributed by atoms with van der Waals surface area (Å²) in [6.07, 6.45) is 0. The Morgan fingerprint density at radius 2 is 1.13 bits per heavy atom. The predicted octanol–water partition coefficient (Wildman–Crippen LogP) is 6.50. The summed E-state index contributed by atoms with van der Waals surface area (Å²) in [5, 5.41) is 6.38. The number of ether oxygens (including phenoxy) is 2. The third-order valence-electron chi connectivity index (χ3n) is 6.14. The van der Waals surface area contributed by atoms with Gasteiger partial charge in [-0.3, -0.25) is 0 Å². The molecule has 0 aromatic heterocycles. The van der Waals surface area contributed by atoms with Gasteiger partial charge in [0, 0.05) is 27.9 Å². The Morgan fingerprint density at radius 3 is 1.65 bits per heavy atom. The second-order valence-corrected chi connectivity index (χ2v) is 10.9. The highest BCUT2D eigenvalue weighted by Gasteiger charge is 2.47. The Hall–Kier alpha value is -3.26. The molecule has 0 atom stereocenters. The van der Waals surface area contributed by atoms with E-state index >= 15 is 4.57 Å². The van der Waals surface area contributed by atoms with E-state index in [1.807, 2.05) is 72.8 Å². The molecule has 0 spiro atoms. The van der Waals surface area contributed by atoms with Gasteiger partial charge in [-0.05, 0) is 22.9 Å². The maximum atomic E-state index is 15.1. The summed E-state index contributed by atoms with van der Waals surface area (Å²) in [5.41, 5.74) is 0. The Balaban J connectivity index is 1.67. The fourth-order valence-corrected chi connectivity index (χ4v) is 8.03. The zero-order chi connectivity index (χ0) is 20.7. The molecule has 0 aliphatic carbocycles. The van der Waals surface area contributed by atoms with E-state index in [9.17, 15) is 0 Å². The van der Waals surface area contributed by atoms with Crippen molar-refractivity contribution in [2.24, 2.45) is 0 Å². The van der Waals surface area contributed by atoms with Gasteiger partial charge in [0.05, 0.1) is 10.6 Å². The average Bonchev–Trinajstić information content (AvgIpc) is 2.78. The van der Waals surface area contributed by atoms with Crippen LogP contribution in [0.5, 0.6) is 23.0 Å². The van der Waals surface area contributed by atoms with E-state index in [0.717, 1.165) is 21.5 Å². The van der Waals surface area contributed by atoms with E-state index in [-0.39, 0.29) is 0 Å². The minimum absolute atomic E-state index is 0.479. The second kappa shape index (κ2) is 5.91. The molecular weight excluding hydrogens is 427 g/mol. The lowest BCUT2D eigenvalue weighted by Crippen LogP contribution is -2.35. The van der Waals surface area contributed by atoms with Crippen LogP contribution in [0.1, 0.15) is 0 Å². The molecule has 0 unspecified atom stereocenters. The van der Waals surface area contributed by atoms with Gasteiger partial charge in [-0.2, -0.15) is 0 Å². The summed E-state index contributed by atoms with van der Waals surface area (Å²) in [6.45, 7) is 0. The van der Waals surface area contributed by atoms with Gasteiger partial charge in [0.15, 0.2) is 7.14 Å². The fourth-order valence-electron chi connectivity index (χ4n) is 4.78. The fraction of sp³-hybridized carbons (Fsp3) is 0. The summed E-state index contributed by atoms with van der Waals surface area (Å²) in [6, 6.07) is 27.3. The highest BCUT2D eigenvalue weighted by molar-refractivity contribution is 7.86. The van der Waals surface area contributed by atoms with E-state index in [1.165, 1.54) is 0 Å². The average molecular weight is 441 g/mol. The van der Waals surface area contributed by atoms with Crippen LogP contribution in [0.2, 0.25) is 5.02 Å². The Bertz CT molecular complexity index is 1530. The van der Waals surface area contributed by atoms with Crippen LogP contribution in [0.4, 0.5) is 0 Å². The van der Waals surface area contributed by atoms with E-state index in [0.29, 0.717) is 43.9 Å². The van der Waals surface area contributed by atoms with Crippen LogP contribution >= 0.6 is 18.7 Å². The number of fused-ring (bicyclic) bond motifs is 8. The third kappa shape index (κ3) is 2.18. The molecule has 2 aliphatic rings.